The van der Waals surface area contributed by atoms with Gasteiger partial charge in [-0.15, -0.1) is 0 Å². The fourth-order valence-electron chi connectivity index (χ4n) is 3.91. The molecule has 0 aliphatic carbocycles. The lowest BCUT2D eigenvalue weighted by molar-refractivity contribution is 0.102. The third-order valence-corrected chi connectivity index (χ3v) is 6.06. The number of para-hydroxylation sites is 1. The van der Waals surface area contributed by atoms with Crippen molar-refractivity contribution in [3.8, 4) is 0 Å². The fraction of sp³-hybridized carbons (Fsp3) is 0.261. The number of hydrogen-bond donors (Lipinski definition) is 1. The summed E-state index contributed by atoms with van der Waals surface area (Å²) in [6.07, 6.45) is 1.68. The first-order valence-electron chi connectivity index (χ1n) is 10.2. The first-order valence-corrected chi connectivity index (χ1v) is 10.9. The average molecular weight is 473 g/mol. The number of carbonyl (C=O) groups is 2. The Hall–Kier alpha value is -2.87. The Balaban J connectivity index is 1.80. The standard InChI is InChI=1S/C23H22Cl2N4O3/c1-3-28-10-11-29(23(28)31)21-14(13-32-2)12-26-20-15(21)6-4-9-18(20)27-22(30)19-16(24)7-5-8-17(19)25/h4-9,12H,3,10-11,13H2,1-2H3,(H,27,30). The van der Waals surface area contributed by atoms with Crippen LogP contribution in [0, 0.1) is 0 Å². The van der Waals surface area contributed by atoms with Crippen molar-refractivity contribution in [2.75, 3.05) is 37.0 Å². The number of amides is 3. The van der Waals surface area contributed by atoms with E-state index in [1.165, 1.54) is 0 Å². The van der Waals surface area contributed by atoms with Gasteiger partial charge in [0.05, 0.1) is 39.1 Å². The summed E-state index contributed by atoms with van der Waals surface area (Å²) in [5.74, 6) is -0.438. The van der Waals surface area contributed by atoms with Gasteiger partial charge < -0.3 is 15.0 Å². The molecule has 0 bridgehead atoms. The number of halogens is 2. The van der Waals surface area contributed by atoms with Crippen LogP contribution in [0.3, 0.4) is 0 Å². The number of nitrogens with one attached hydrogen (secondary N) is 1. The van der Waals surface area contributed by atoms with Crippen LogP contribution in [0.1, 0.15) is 22.8 Å². The lowest BCUT2D eigenvalue weighted by atomic mass is 10.1. The van der Waals surface area contributed by atoms with Crippen molar-refractivity contribution in [3.05, 3.63) is 63.8 Å². The predicted molar refractivity (Wildman–Crippen MR) is 127 cm³/mol. The molecule has 166 valence electrons. The molecule has 2 aromatic carbocycles. The van der Waals surface area contributed by atoms with Crippen molar-refractivity contribution >= 4 is 57.4 Å². The molecule has 0 unspecified atom stereocenters. The number of anilines is 2. The molecule has 1 aliphatic heterocycles. The highest BCUT2D eigenvalue weighted by molar-refractivity contribution is 6.40. The zero-order valence-electron chi connectivity index (χ0n) is 17.7. The summed E-state index contributed by atoms with van der Waals surface area (Å²) < 4.78 is 5.35. The molecule has 2 heterocycles. The molecular formula is C23H22Cl2N4O3. The topological polar surface area (TPSA) is 74.8 Å². The van der Waals surface area contributed by atoms with Crippen LogP contribution in [0.2, 0.25) is 10.0 Å². The van der Waals surface area contributed by atoms with Crippen molar-refractivity contribution < 1.29 is 14.3 Å². The molecule has 0 radical (unpaired) electrons. The molecule has 3 aromatic rings. The molecule has 1 aliphatic rings. The monoisotopic (exact) mass is 472 g/mol. The van der Waals surface area contributed by atoms with Crippen LogP contribution in [0.25, 0.3) is 10.9 Å². The first-order chi connectivity index (χ1) is 15.5. The third-order valence-electron chi connectivity index (χ3n) is 5.43. The quantitative estimate of drug-likeness (QED) is 0.534. The minimum Gasteiger partial charge on any atom is -0.380 e. The Kier molecular flexibility index (Phi) is 6.50. The van der Waals surface area contributed by atoms with Gasteiger partial charge in [-0.05, 0) is 25.1 Å². The lowest BCUT2D eigenvalue weighted by Gasteiger charge is -2.23. The number of methoxy groups -OCH3 is 1. The van der Waals surface area contributed by atoms with E-state index in [-0.39, 0.29) is 21.6 Å². The van der Waals surface area contributed by atoms with Crippen molar-refractivity contribution in [1.29, 1.82) is 0 Å². The summed E-state index contributed by atoms with van der Waals surface area (Å²) in [5.41, 5.74) is 2.78. The highest BCUT2D eigenvalue weighted by atomic mass is 35.5. The molecule has 3 amide bonds. The maximum atomic E-state index is 13.0. The van der Waals surface area contributed by atoms with Crippen LogP contribution in [0.4, 0.5) is 16.2 Å². The minimum absolute atomic E-state index is 0.0605. The Morgan fingerprint density at radius 2 is 1.88 bits per heavy atom. The predicted octanol–water partition coefficient (Wildman–Crippen LogP) is 5.20. The Morgan fingerprint density at radius 1 is 1.16 bits per heavy atom. The number of likely N-dealkylation sites (N-methyl/N-ethyl adjacent to an activating group) is 1. The smallest absolute Gasteiger partial charge is 0.324 e. The number of urea groups is 1. The van der Waals surface area contributed by atoms with Crippen molar-refractivity contribution in [3.63, 3.8) is 0 Å². The number of ether oxygens (including phenoxy) is 1. The van der Waals surface area contributed by atoms with E-state index in [0.29, 0.717) is 37.4 Å². The van der Waals surface area contributed by atoms with Gasteiger partial charge in [0.1, 0.15) is 0 Å². The Labute approximate surface area is 195 Å². The SMILES string of the molecule is CCN1CCN(c2c(COC)cnc3c(NC(=O)c4c(Cl)cccc4Cl)cccc23)C1=O. The van der Waals surface area contributed by atoms with Gasteiger partial charge >= 0.3 is 6.03 Å². The van der Waals surface area contributed by atoms with Crippen LogP contribution in [0.15, 0.2) is 42.6 Å². The zero-order chi connectivity index (χ0) is 22.8. The van der Waals surface area contributed by atoms with E-state index >= 15 is 0 Å². The van der Waals surface area contributed by atoms with Crippen LogP contribution >= 0.6 is 23.2 Å². The van der Waals surface area contributed by atoms with E-state index in [9.17, 15) is 9.59 Å². The van der Waals surface area contributed by atoms with Gasteiger partial charge in [0.2, 0.25) is 0 Å². The number of nitrogens with zero attached hydrogens (tertiary/aromatic N) is 3. The van der Waals surface area contributed by atoms with Crippen molar-refractivity contribution in [1.82, 2.24) is 9.88 Å². The Morgan fingerprint density at radius 3 is 2.53 bits per heavy atom. The van der Waals surface area contributed by atoms with Crippen molar-refractivity contribution in [2.45, 2.75) is 13.5 Å². The minimum atomic E-state index is -0.438. The number of rotatable bonds is 6. The molecular weight excluding hydrogens is 451 g/mol. The van der Waals surface area contributed by atoms with Crippen LogP contribution in [0.5, 0.6) is 0 Å². The number of fused-ring (bicyclic) bond motifs is 1. The van der Waals surface area contributed by atoms with E-state index in [4.69, 9.17) is 27.9 Å². The van der Waals surface area contributed by atoms with E-state index < -0.39 is 5.91 Å². The summed E-state index contributed by atoms with van der Waals surface area (Å²) in [6.45, 7) is 4.11. The number of carbonyl (C=O) groups excluding carboxylic acids is 2. The van der Waals surface area contributed by atoms with Gasteiger partial charge in [-0.2, -0.15) is 0 Å². The summed E-state index contributed by atoms with van der Waals surface area (Å²) in [7, 11) is 1.60. The third kappa shape index (κ3) is 3.99. The summed E-state index contributed by atoms with van der Waals surface area (Å²) in [5, 5.41) is 4.13. The molecule has 9 heteroatoms. The second kappa shape index (κ2) is 9.32. The highest BCUT2D eigenvalue weighted by Gasteiger charge is 2.31. The van der Waals surface area contributed by atoms with Crippen LogP contribution in [-0.4, -0.2) is 48.6 Å². The number of aromatic nitrogens is 1. The highest BCUT2D eigenvalue weighted by Crippen LogP contribution is 2.36. The summed E-state index contributed by atoms with van der Waals surface area (Å²) in [4.78, 5) is 34.0. The molecule has 1 saturated heterocycles. The lowest BCUT2D eigenvalue weighted by Crippen LogP contribution is -2.32. The average Bonchev–Trinajstić information content (AvgIpc) is 3.14. The van der Waals surface area contributed by atoms with E-state index in [0.717, 1.165) is 16.6 Å². The maximum Gasteiger partial charge on any atom is 0.324 e. The molecule has 0 spiro atoms. The molecule has 1 fully saturated rings. The number of hydrogen-bond acceptors (Lipinski definition) is 4. The second-order valence-electron chi connectivity index (χ2n) is 7.33. The normalized spacial score (nSPS) is 13.8. The number of benzene rings is 2. The fourth-order valence-corrected chi connectivity index (χ4v) is 4.48. The van der Waals surface area contributed by atoms with Gasteiger partial charge in [-0.1, -0.05) is 41.4 Å². The van der Waals surface area contributed by atoms with E-state index in [1.54, 1.807) is 47.4 Å². The molecule has 0 saturated carbocycles. The largest absolute Gasteiger partial charge is 0.380 e. The van der Waals surface area contributed by atoms with Gasteiger partial charge in [-0.3, -0.25) is 14.7 Å². The van der Waals surface area contributed by atoms with Gasteiger partial charge in [0.15, 0.2) is 0 Å². The van der Waals surface area contributed by atoms with Gasteiger partial charge in [-0.25, -0.2) is 4.79 Å². The first kappa shape index (κ1) is 22.3. The molecule has 32 heavy (non-hydrogen) atoms. The second-order valence-corrected chi connectivity index (χ2v) is 8.15. The van der Waals surface area contributed by atoms with Crippen LogP contribution < -0.4 is 10.2 Å². The number of pyridine rings is 1. The van der Waals surface area contributed by atoms with Crippen molar-refractivity contribution in [2.24, 2.45) is 0 Å². The van der Waals surface area contributed by atoms with Gasteiger partial charge in [0.25, 0.3) is 5.91 Å². The van der Waals surface area contributed by atoms with E-state index in [1.807, 2.05) is 19.1 Å². The van der Waals surface area contributed by atoms with Crippen LogP contribution in [-0.2, 0) is 11.3 Å². The molecule has 1 aromatic heterocycles. The summed E-state index contributed by atoms with van der Waals surface area (Å²) in [6, 6.07) is 10.3. The molecule has 1 N–H and O–H groups in total. The molecule has 7 nitrogen and oxygen atoms in total. The molecule has 4 rings (SSSR count). The van der Waals surface area contributed by atoms with Gasteiger partial charge in [0, 0.05) is 43.9 Å². The van der Waals surface area contributed by atoms with E-state index in [2.05, 4.69) is 10.3 Å². The zero-order valence-corrected chi connectivity index (χ0v) is 19.2. The Bertz CT molecular complexity index is 1180. The maximum absolute atomic E-state index is 13.0. The summed E-state index contributed by atoms with van der Waals surface area (Å²) >= 11 is 12.4. The molecule has 0 atom stereocenters.